The van der Waals surface area contributed by atoms with E-state index in [1.54, 1.807) is 0 Å². The van der Waals surface area contributed by atoms with Crippen LogP contribution in [0.15, 0.2) is 0 Å². The standard InChI is InChI=1S/C8H12NOP/c9-5-6-1-3-7(4-2-6)8(10)11/h6-7H,1-4,11H2. The summed E-state index contributed by atoms with van der Waals surface area (Å²) in [4.78, 5) is 10.9. The zero-order valence-corrected chi connectivity index (χ0v) is 7.57. The second kappa shape index (κ2) is 3.83. The van der Waals surface area contributed by atoms with Crippen molar-refractivity contribution in [1.82, 2.24) is 0 Å². The SMILES string of the molecule is N#CC1CCC(C(=O)P)CC1. The van der Waals surface area contributed by atoms with Gasteiger partial charge in [0.05, 0.1) is 6.07 Å². The molecule has 1 unspecified atom stereocenters. The minimum atomic E-state index is 0.204. The second-order valence-corrected chi connectivity index (χ2v) is 3.65. The van der Waals surface area contributed by atoms with Crippen LogP contribution in [-0.4, -0.2) is 5.52 Å². The molecule has 11 heavy (non-hydrogen) atoms. The van der Waals surface area contributed by atoms with Crippen LogP contribution in [0.25, 0.3) is 0 Å². The van der Waals surface area contributed by atoms with Crippen LogP contribution >= 0.6 is 9.24 Å². The summed E-state index contributed by atoms with van der Waals surface area (Å²) in [7, 11) is 2.23. The minimum Gasteiger partial charge on any atom is -0.295 e. The van der Waals surface area contributed by atoms with Crippen LogP contribution < -0.4 is 0 Å². The van der Waals surface area contributed by atoms with Crippen molar-refractivity contribution < 1.29 is 4.79 Å². The summed E-state index contributed by atoms with van der Waals surface area (Å²) in [5.74, 6) is 0.417. The number of hydrogen-bond acceptors (Lipinski definition) is 2. The van der Waals surface area contributed by atoms with Gasteiger partial charge in [0.15, 0.2) is 5.52 Å². The van der Waals surface area contributed by atoms with Gasteiger partial charge in [-0.3, -0.25) is 4.79 Å². The monoisotopic (exact) mass is 169 g/mol. The van der Waals surface area contributed by atoms with Crippen molar-refractivity contribution in [2.75, 3.05) is 0 Å². The topological polar surface area (TPSA) is 40.9 Å². The molecule has 0 saturated heterocycles. The zero-order chi connectivity index (χ0) is 8.27. The molecule has 0 aromatic rings. The highest BCUT2D eigenvalue weighted by atomic mass is 31.0. The fourth-order valence-electron chi connectivity index (χ4n) is 1.51. The highest BCUT2D eigenvalue weighted by Crippen LogP contribution is 2.29. The number of rotatable bonds is 1. The van der Waals surface area contributed by atoms with Crippen molar-refractivity contribution in [3.63, 3.8) is 0 Å². The Kier molecular flexibility index (Phi) is 3.02. The van der Waals surface area contributed by atoms with Crippen molar-refractivity contribution in [2.45, 2.75) is 25.7 Å². The Labute approximate surface area is 69.2 Å². The Morgan fingerprint density at radius 3 is 2.27 bits per heavy atom. The third kappa shape index (κ3) is 2.27. The molecule has 0 aromatic carbocycles. The summed E-state index contributed by atoms with van der Waals surface area (Å²) in [5.41, 5.74) is 0.210. The van der Waals surface area contributed by atoms with E-state index in [-0.39, 0.29) is 17.4 Å². The van der Waals surface area contributed by atoms with E-state index >= 15 is 0 Å². The first-order chi connectivity index (χ1) is 5.24. The Balaban J connectivity index is 2.37. The molecule has 0 amide bonds. The summed E-state index contributed by atoms with van der Waals surface area (Å²) in [5, 5.41) is 8.58. The molecule has 0 N–H and O–H groups in total. The van der Waals surface area contributed by atoms with Crippen LogP contribution in [0.1, 0.15) is 25.7 Å². The van der Waals surface area contributed by atoms with Gasteiger partial charge in [-0.05, 0) is 25.7 Å². The molecular weight excluding hydrogens is 157 g/mol. The Morgan fingerprint density at radius 1 is 1.36 bits per heavy atom. The molecule has 0 radical (unpaired) electrons. The Morgan fingerprint density at radius 2 is 1.91 bits per heavy atom. The molecule has 0 spiro atoms. The van der Waals surface area contributed by atoms with Gasteiger partial charge in [-0.2, -0.15) is 5.26 Å². The first-order valence-corrected chi connectivity index (χ1v) is 4.50. The van der Waals surface area contributed by atoms with E-state index in [1.165, 1.54) is 0 Å². The lowest BCUT2D eigenvalue weighted by Crippen LogP contribution is -2.17. The lowest BCUT2D eigenvalue weighted by atomic mass is 9.83. The van der Waals surface area contributed by atoms with Crippen molar-refractivity contribution in [3.8, 4) is 6.07 Å². The molecule has 1 aliphatic rings. The molecule has 1 fully saturated rings. The molecule has 3 heteroatoms. The van der Waals surface area contributed by atoms with Gasteiger partial charge in [-0.15, -0.1) is 0 Å². The average Bonchev–Trinajstić information content (AvgIpc) is 2.05. The van der Waals surface area contributed by atoms with Crippen LogP contribution in [-0.2, 0) is 4.79 Å². The Bertz CT molecular complexity index is 189. The van der Waals surface area contributed by atoms with Gasteiger partial charge < -0.3 is 0 Å². The quantitative estimate of drug-likeness (QED) is 0.561. The van der Waals surface area contributed by atoms with Crippen LogP contribution in [0.2, 0.25) is 0 Å². The van der Waals surface area contributed by atoms with Crippen molar-refractivity contribution >= 4 is 14.8 Å². The van der Waals surface area contributed by atoms with Gasteiger partial charge in [0, 0.05) is 11.8 Å². The highest BCUT2D eigenvalue weighted by Gasteiger charge is 2.23. The average molecular weight is 169 g/mol. The Hall–Kier alpha value is -0.410. The number of carbonyl (C=O) groups is 1. The summed E-state index contributed by atoms with van der Waals surface area (Å²) in [6.07, 6.45) is 3.61. The molecule has 1 saturated carbocycles. The van der Waals surface area contributed by atoms with Crippen LogP contribution in [0, 0.1) is 23.2 Å². The maximum atomic E-state index is 10.9. The predicted octanol–water partition coefficient (Wildman–Crippen LogP) is 1.72. The summed E-state index contributed by atoms with van der Waals surface area (Å²) in [6.45, 7) is 0. The maximum absolute atomic E-state index is 10.9. The van der Waals surface area contributed by atoms with Crippen LogP contribution in [0.5, 0.6) is 0 Å². The van der Waals surface area contributed by atoms with E-state index in [2.05, 4.69) is 15.3 Å². The smallest absolute Gasteiger partial charge is 0.151 e. The number of carbonyl (C=O) groups excluding carboxylic acids is 1. The van der Waals surface area contributed by atoms with Gasteiger partial charge >= 0.3 is 0 Å². The molecular formula is C8H12NOP. The molecule has 0 aromatic heterocycles. The van der Waals surface area contributed by atoms with E-state index in [0.29, 0.717) is 0 Å². The van der Waals surface area contributed by atoms with E-state index < -0.39 is 0 Å². The zero-order valence-electron chi connectivity index (χ0n) is 6.42. The number of nitrogens with zero attached hydrogens (tertiary/aromatic N) is 1. The van der Waals surface area contributed by atoms with Crippen molar-refractivity contribution in [3.05, 3.63) is 0 Å². The normalized spacial score (nSPS) is 30.9. The van der Waals surface area contributed by atoms with Crippen molar-refractivity contribution in [2.24, 2.45) is 11.8 Å². The molecule has 0 heterocycles. The molecule has 1 aliphatic carbocycles. The predicted molar refractivity (Wildman–Crippen MR) is 45.8 cm³/mol. The van der Waals surface area contributed by atoms with Gasteiger partial charge in [0.25, 0.3) is 0 Å². The second-order valence-electron chi connectivity index (χ2n) is 3.08. The van der Waals surface area contributed by atoms with E-state index in [0.717, 1.165) is 25.7 Å². The fraction of sp³-hybridized carbons (Fsp3) is 0.750. The molecule has 0 bridgehead atoms. The molecule has 1 atom stereocenters. The molecule has 1 rings (SSSR count). The third-order valence-electron chi connectivity index (χ3n) is 2.31. The third-order valence-corrected chi connectivity index (χ3v) is 2.78. The van der Waals surface area contributed by atoms with Crippen LogP contribution in [0.3, 0.4) is 0 Å². The number of nitriles is 1. The van der Waals surface area contributed by atoms with Gasteiger partial charge in [0.1, 0.15) is 0 Å². The molecule has 60 valence electrons. The largest absolute Gasteiger partial charge is 0.295 e. The number of hydrogen-bond donors (Lipinski definition) is 0. The van der Waals surface area contributed by atoms with Crippen molar-refractivity contribution in [1.29, 1.82) is 5.26 Å². The fourth-order valence-corrected chi connectivity index (χ4v) is 1.84. The van der Waals surface area contributed by atoms with Crippen LogP contribution in [0.4, 0.5) is 0 Å². The highest BCUT2D eigenvalue weighted by molar-refractivity contribution is 7.40. The van der Waals surface area contributed by atoms with Gasteiger partial charge in [-0.25, -0.2) is 0 Å². The minimum absolute atomic E-state index is 0.204. The first kappa shape index (κ1) is 8.68. The van der Waals surface area contributed by atoms with Gasteiger partial charge in [-0.1, -0.05) is 9.24 Å². The van der Waals surface area contributed by atoms with E-state index in [4.69, 9.17) is 5.26 Å². The maximum Gasteiger partial charge on any atom is 0.151 e. The first-order valence-electron chi connectivity index (χ1n) is 3.93. The summed E-state index contributed by atoms with van der Waals surface area (Å²) >= 11 is 0. The van der Waals surface area contributed by atoms with E-state index in [9.17, 15) is 4.79 Å². The van der Waals surface area contributed by atoms with Gasteiger partial charge in [0.2, 0.25) is 0 Å². The lowest BCUT2D eigenvalue weighted by Gasteiger charge is -2.21. The molecule has 0 aliphatic heterocycles. The lowest BCUT2D eigenvalue weighted by molar-refractivity contribution is -0.115. The summed E-state index contributed by atoms with van der Waals surface area (Å²) < 4.78 is 0. The summed E-state index contributed by atoms with van der Waals surface area (Å²) in [6, 6.07) is 2.25. The molecule has 2 nitrogen and oxygen atoms in total. The van der Waals surface area contributed by atoms with E-state index in [1.807, 2.05) is 0 Å².